The molecule has 4 heteroatoms. The Bertz CT molecular complexity index is 1250. The van der Waals surface area contributed by atoms with E-state index in [2.05, 4.69) is 89.7 Å². The molecule has 0 spiro atoms. The first-order chi connectivity index (χ1) is 13.6. The first kappa shape index (κ1) is 16.8. The third kappa shape index (κ3) is 2.45. The van der Waals surface area contributed by atoms with Gasteiger partial charge in [-0.3, -0.25) is 4.98 Å². The van der Waals surface area contributed by atoms with Crippen LogP contribution in [0.15, 0.2) is 79.3 Å². The molecule has 0 aliphatic carbocycles. The molecule has 0 aliphatic rings. The highest BCUT2D eigenvalue weighted by Gasteiger charge is 2.22. The molecule has 0 saturated heterocycles. The van der Waals surface area contributed by atoms with Gasteiger partial charge in [0.1, 0.15) is 0 Å². The van der Waals surface area contributed by atoms with Crippen LogP contribution < -0.4 is 0 Å². The highest BCUT2D eigenvalue weighted by molar-refractivity contribution is 6.05. The van der Waals surface area contributed by atoms with E-state index in [1.165, 1.54) is 5.56 Å². The first-order valence-corrected chi connectivity index (χ1v) is 9.54. The van der Waals surface area contributed by atoms with E-state index >= 15 is 0 Å². The standard InChI is InChI=1S/C24H22N4/c1-24(2,3)19-11-6-4-9-17(19)23-26-15-16-27(23)28-20-12-7-5-10-18(20)22-21(28)13-8-14-25-22/h4-16H,1-3H3. The molecule has 2 aromatic carbocycles. The number of aromatic nitrogens is 4. The lowest BCUT2D eigenvalue weighted by Gasteiger charge is -2.23. The molecule has 0 radical (unpaired) electrons. The van der Waals surface area contributed by atoms with E-state index in [-0.39, 0.29) is 5.41 Å². The number of nitrogens with zero attached hydrogens (tertiary/aromatic N) is 4. The minimum absolute atomic E-state index is 0.0236. The molecule has 5 rings (SSSR count). The van der Waals surface area contributed by atoms with Crippen LogP contribution in [0.1, 0.15) is 26.3 Å². The van der Waals surface area contributed by atoms with E-state index in [1.807, 2.05) is 24.7 Å². The number of fused-ring (bicyclic) bond motifs is 3. The van der Waals surface area contributed by atoms with Crippen molar-refractivity contribution in [1.29, 1.82) is 0 Å². The maximum absolute atomic E-state index is 4.75. The van der Waals surface area contributed by atoms with Crippen molar-refractivity contribution >= 4 is 21.9 Å². The van der Waals surface area contributed by atoms with Crippen molar-refractivity contribution in [2.75, 3.05) is 0 Å². The summed E-state index contributed by atoms with van der Waals surface area (Å²) in [7, 11) is 0. The highest BCUT2D eigenvalue weighted by atomic mass is 15.5. The van der Waals surface area contributed by atoms with Crippen LogP contribution >= 0.6 is 0 Å². The number of hydrogen-bond donors (Lipinski definition) is 0. The zero-order chi connectivity index (χ0) is 19.3. The zero-order valence-electron chi connectivity index (χ0n) is 16.3. The van der Waals surface area contributed by atoms with Gasteiger partial charge in [-0.2, -0.15) is 0 Å². The van der Waals surface area contributed by atoms with Gasteiger partial charge in [0.2, 0.25) is 0 Å². The minimum atomic E-state index is 0.0236. The molecule has 4 nitrogen and oxygen atoms in total. The average Bonchev–Trinajstić information content (AvgIpc) is 3.29. The summed E-state index contributed by atoms with van der Waals surface area (Å²) in [6, 6.07) is 21.0. The number of benzene rings is 2. The number of pyridine rings is 1. The van der Waals surface area contributed by atoms with Crippen LogP contribution in [0, 0.1) is 0 Å². The Balaban J connectivity index is 1.85. The Hall–Kier alpha value is -3.40. The second-order valence-electron chi connectivity index (χ2n) is 8.09. The Morgan fingerprint density at radius 3 is 2.36 bits per heavy atom. The maximum Gasteiger partial charge on any atom is 0.159 e. The molecule has 0 amide bonds. The Morgan fingerprint density at radius 2 is 1.50 bits per heavy atom. The van der Waals surface area contributed by atoms with Crippen molar-refractivity contribution < 1.29 is 0 Å². The topological polar surface area (TPSA) is 35.6 Å². The predicted octanol–water partition coefficient (Wildman–Crippen LogP) is 5.66. The predicted molar refractivity (Wildman–Crippen MR) is 114 cm³/mol. The lowest BCUT2D eigenvalue weighted by Crippen LogP contribution is -2.15. The van der Waals surface area contributed by atoms with Crippen molar-refractivity contribution in [3.8, 4) is 11.4 Å². The SMILES string of the molecule is CC(C)(C)c1ccccc1-c1nccn1-n1c2ccccc2c2ncccc21. The fourth-order valence-electron chi connectivity index (χ4n) is 3.98. The van der Waals surface area contributed by atoms with Gasteiger partial charge in [0.15, 0.2) is 5.82 Å². The smallest absolute Gasteiger partial charge is 0.159 e. The molecular formula is C24H22N4. The average molecular weight is 366 g/mol. The largest absolute Gasteiger partial charge is 0.254 e. The van der Waals surface area contributed by atoms with Gasteiger partial charge in [0.25, 0.3) is 0 Å². The summed E-state index contributed by atoms with van der Waals surface area (Å²) in [5, 5.41) is 1.14. The normalized spacial score (nSPS) is 12.1. The second kappa shape index (κ2) is 6.06. The summed E-state index contributed by atoms with van der Waals surface area (Å²) in [6.45, 7) is 6.72. The van der Waals surface area contributed by atoms with Crippen LogP contribution in [0.3, 0.4) is 0 Å². The molecule has 138 valence electrons. The van der Waals surface area contributed by atoms with Crippen LogP contribution in [-0.2, 0) is 5.41 Å². The molecular weight excluding hydrogens is 344 g/mol. The third-order valence-electron chi connectivity index (χ3n) is 5.22. The summed E-state index contributed by atoms with van der Waals surface area (Å²) >= 11 is 0. The van der Waals surface area contributed by atoms with Gasteiger partial charge in [-0.15, -0.1) is 0 Å². The van der Waals surface area contributed by atoms with Crippen molar-refractivity contribution in [3.63, 3.8) is 0 Å². The molecule has 0 bridgehead atoms. The van der Waals surface area contributed by atoms with Crippen molar-refractivity contribution in [1.82, 2.24) is 19.3 Å². The number of para-hydroxylation sites is 1. The van der Waals surface area contributed by atoms with Crippen LogP contribution in [0.25, 0.3) is 33.3 Å². The Morgan fingerprint density at radius 1 is 0.750 bits per heavy atom. The molecule has 3 aromatic heterocycles. The fourth-order valence-corrected chi connectivity index (χ4v) is 3.98. The number of rotatable bonds is 2. The van der Waals surface area contributed by atoms with E-state index in [9.17, 15) is 0 Å². The quantitative estimate of drug-likeness (QED) is 0.404. The number of hydrogen-bond acceptors (Lipinski definition) is 2. The number of imidazole rings is 1. The van der Waals surface area contributed by atoms with Gasteiger partial charge in [0, 0.05) is 29.5 Å². The van der Waals surface area contributed by atoms with Crippen LogP contribution in [0.4, 0.5) is 0 Å². The van der Waals surface area contributed by atoms with Crippen molar-refractivity contribution in [2.24, 2.45) is 0 Å². The van der Waals surface area contributed by atoms with Crippen LogP contribution in [0.2, 0.25) is 0 Å². The van der Waals surface area contributed by atoms with Gasteiger partial charge in [-0.25, -0.2) is 14.3 Å². The van der Waals surface area contributed by atoms with Gasteiger partial charge >= 0.3 is 0 Å². The summed E-state index contributed by atoms with van der Waals surface area (Å²) in [5.41, 5.74) is 5.63. The van der Waals surface area contributed by atoms with Crippen molar-refractivity contribution in [2.45, 2.75) is 26.2 Å². The highest BCUT2D eigenvalue weighted by Crippen LogP contribution is 2.34. The molecule has 28 heavy (non-hydrogen) atoms. The van der Waals surface area contributed by atoms with E-state index in [0.29, 0.717) is 0 Å². The second-order valence-corrected chi connectivity index (χ2v) is 8.09. The molecule has 0 saturated carbocycles. The fraction of sp³-hybridized carbons (Fsp3) is 0.167. The summed E-state index contributed by atoms with van der Waals surface area (Å²) < 4.78 is 4.34. The maximum atomic E-state index is 4.75. The lowest BCUT2D eigenvalue weighted by molar-refractivity contribution is 0.590. The molecule has 5 aromatic rings. The molecule has 0 aliphatic heterocycles. The van der Waals surface area contributed by atoms with Gasteiger partial charge in [0.05, 0.1) is 16.6 Å². The van der Waals surface area contributed by atoms with E-state index in [0.717, 1.165) is 33.3 Å². The van der Waals surface area contributed by atoms with Gasteiger partial charge in [-0.05, 0) is 29.2 Å². The lowest BCUT2D eigenvalue weighted by atomic mass is 9.83. The third-order valence-corrected chi connectivity index (χ3v) is 5.22. The summed E-state index contributed by atoms with van der Waals surface area (Å²) in [6.07, 6.45) is 5.74. The van der Waals surface area contributed by atoms with E-state index in [1.54, 1.807) is 0 Å². The minimum Gasteiger partial charge on any atom is -0.254 e. The molecule has 0 unspecified atom stereocenters. The van der Waals surface area contributed by atoms with E-state index < -0.39 is 0 Å². The van der Waals surface area contributed by atoms with Gasteiger partial charge < -0.3 is 0 Å². The zero-order valence-corrected chi connectivity index (χ0v) is 16.3. The Labute approximate surface area is 164 Å². The molecule has 3 heterocycles. The molecule has 0 N–H and O–H groups in total. The monoisotopic (exact) mass is 366 g/mol. The summed E-state index contributed by atoms with van der Waals surface area (Å²) in [5.74, 6) is 0.928. The van der Waals surface area contributed by atoms with Crippen molar-refractivity contribution in [3.05, 3.63) is 84.8 Å². The molecule has 0 atom stereocenters. The van der Waals surface area contributed by atoms with E-state index in [4.69, 9.17) is 4.98 Å². The first-order valence-electron chi connectivity index (χ1n) is 9.54. The van der Waals surface area contributed by atoms with Crippen LogP contribution in [-0.4, -0.2) is 19.3 Å². The molecule has 0 fully saturated rings. The van der Waals surface area contributed by atoms with Gasteiger partial charge in [-0.1, -0.05) is 63.2 Å². The Kier molecular flexibility index (Phi) is 3.63. The van der Waals surface area contributed by atoms with Crippen LogP contribution in [0.5, 0.6) is 0 Å². The summed E-state index contributed by atoms with van der Waals surface area (Å²) in [4.78, 5) is 9.40.